The van der Waals surface area contributed by atoms with Crippen molar-refractivity contribution in [2.24, 2.45) is 5.41 Å². The van der Waals surface area contributed by atoms with Gasteiger partial charge in [-0.15, -0.1) is 0 Å². The van der Waals surface area contributed by atoms with Crippen LogP contribution in [0.1, 0.15) is 52.1 Å². The van der Waals surface area contributed by atoms with E-state index >= 15 is 4.39 Å². The van der Waals surface area contributed by atoms with Gasteiger partial charge in [0.05, 0.1) is 47.7 Å². The minimum absolute atomic E-state index is 0.0902. The smallest absolute Gasteiger partial charge is 0.337 e. The maximum absolute atomic E-state index is 15.6. The molecule has 10 heteroatoms. The number of pyridine rings is 1. The fraction of sp³-hybridized carbons (Fsp3) is 0.257. The van der Waals surface area contributed by atoms with Crippen LogP contribution >= 0.6 is 0 Å². The zero-order valence-corrected chi connectivity index (χ0v) is 24.5. The highest BCUT2D eigenvalue weighted by atomic mass is 19.1. The lowest BCUT2D eigenvalue weighted by atomic mass is 9.69. The predicted octanol–water partition coefficient (Wildman–Crippen LogP) is 7.34. The quantitative estimate of drug-likeness (QED) is 0.154. The molecule has 5 aromatic rings. The molecule has 0 bridgehead atoms. The summed E-state index contributed by atoms with van der Waals surface area (Å²) in [5, 5.41) is 8.93. The van der Waals surface area contributed by atoms with Crippen molar-refractivity contribution >= 4 is 17.0 Å². The number of methoxy groups -OCH3 is 1. The van der Waals surface area contributed by atoms with E-state index in [1.165, 1.54) is 25.3 Å². The maximum atomic E-state index is 15.6. The number of fused-ring (bicyclic) bond motifs is 1. The molecular weight excluding hydrogens is 581 g/mol. The third kappa shape index (κ3) is 6.11. The summed E-state index contributed by atoms with van der Waals surface area (Å²) in [7, 11) is 1.31. The second-order valence-corrected chi connectivity index (χ2v) is 11.3. The molecule has 1 saturated carbocycles. The van der Waals surface area contributed by atoms with Gasteiger partial charge in [0.15, 0.2) is 0 Å². The van der Waals surface area contributed by atoms with Gasteiger partial charge in [-0.25, -0.2) is 23.5 Å². The molecule has 0 saturated heterocycles. The van der Waals surface area contributed by atoms with Crippen LogP contribution in [0.5, 0.6) is 5.88 Å². The van der Waals surface area contributed by atoms with Crippen molar-refractivity contribution in [3.8, 4) is 23.2 Å². The highest BCUT2D eigenvalue weighted by Crippen LogP contribution is 2.44. The van der Waals surface area contributed by atoms with Crippen molar-refractivity contribution in [3.05, 3.63) is 113 Å². The molecule has 6 rings (SSSR count). The summed E-state index contributed by atoms with van der Waals surface area (Å²) < 4.78 is 56.5. The molecule has 1 aliphatic carbocycles. The first-order valence-corrected chi connectivity index (χ1v) is 14.5. The predicted molar refractivity (Wildman–Crippen MR) is 161 cm³/mol. The molecule has 1 aliphatic rings. The summed E-state index contributed by atoms with van der Waals surface area (Å²) in [5.74, 6) is -0.687. The van der Waals surface area contributed by atoms with Crippen LogP contribution < -0.4 is 4.74 Å². The minimum atomic E-state index is -0.548. The topological polar surface area (TPSA) is 90.0 Å². The molecular formula is C35H29F3N4O3. The van der Waals surface area contributed by atoms with E-state index in [4.69, 9.17) is 19.7 Å². The molecule has 0 radical (unpaired) electrons. The van der Waals surface area contributed by atoms with Crippen LogP contribution in [-0.2, 0) is 24.3 Å². The lowest BCUT2D eigenvalue weighted by Gasteiger charge is -2.40. The van der Waals surface area contributed by atoms with Crippen LogP contribution in [0.15, 0.2) is 72.8 Å². The van der Waals surface area contributed by atoms with Crippen molar-refractivity contribution in [1.29, 1.82) is 5.26 Å². The Labute approximate surface area is 257 Å². The molecule has 3 aromatic carbocycles. The Morgan fingerprint density at radius 3 is 2.49 bits per heavy atom. The van der Waals surface area contributed by atoms with Gasteiger partial charge in [-0.1, -0.05) is 30.7 Å². The first-order chi connectivity index (χ1) is 21.8. The Balaban J connectivity index is 1.25. The molecule has 0 atom stereocenters. The largest absolute Gasteiger partial charge is 0.473 e. The molecule has 0 amide bonds. The average molecular weight is 611 g/mol. The molecule has 2 aromatic heterocycles. The standard InChI is InChI=1S/C35H29F3N4O3/c1-44-34(43)25-10-11-30-31(16-25)42(21-35(20-36)12-3-13-35)32(40-30)17-23-8-9-24(15-28(23)38)29-4-2-5-33(41-29)45-19-26-7-6-22(18-39)14-27(26)37/h2,4-11,14-16H,3,12-13,17,19-21H2,1H3. The van der Waals surface area contributed by atoms with E-state index in [1.807, 2.05) is 10.6 Å². The van der Waals surface area contributed by atoms with Gasteiger partial charge in [0.25, 0.3) is 0 Å². The molecule has 2 heterocycles. The lowest BCUT2D eigenvalue weighted by Crippen LogP contribution is -2.36. The Morgan fingerprint density at radius 1 is 1.00 bits per heavy atom. The van der Waals surface area contributed by atoms with Gasteiger partial charge in [0, 0.05) is 35.6 Å². The van der Waals surface area contributed by atoms with Crippen LogP contribution in [0.4, 0.5) is 13.2 Å². The normalized spacial score (nSPS) is 13.7. The second kappa shape index (κ2) is 12.4. The minimum Gasteiger partial charge on any atom is -0.473 e. The van der Waals surface area contributed by atoms with Gasteiger partial charge in [0.1, 0.15) is 24.1 Å². The molecule has 0 unspecified atom stereocenters. The fourth-order valence-corrected chi connectivity index (χ4v) is 5.64. The number of hydrogen-bond donors (Lipinski definition) is 0. The number of esters is 1. The van der Waals surface area contributed by atoms with Crippen LogP contribution in [0.2, 0.25) is 0 Å². The SMILES string of the molecule is COC(=O)c1ccc2nc(Cc3ccc(-c4cccc(OCc5ccc(C#N)cc5F)n4)cc3F)n(CC3(CF)CCC3)c2c1. The number of carbonyl (C=O) groups excluding carboxylic acids is 1. The first kappa shape index (κ1) is 29.9. The van der Waals surface area contributed by atoms with E-state index in [1.54, 1.807) is 48.5 Å². The number of ether oxygens (including phenoxy) is 2. The van der Waals surface area contributed by atoms with Gasteiger partial charge in [-0.3, -0.25) is 4.39 Å². The number of nitriles is 1. The van der Waals surface area contributed by atoms with Crippen LogP contribution in [-0.4, -0.2) is 34.3 Å². The number of hydrogen-bond acceptors (Lipinski definition) is 6. The van der Waals surface area contributed by atoms with Crippen molar-refractivity contribution in [2.75, 3.05) is 13.8 Å². The van der Waals surface area contributed by atoms with Crippen LogP contribution in [0.25, 0.3) is 22.3 Å². The van der Waals surface area contributed by atoms with Crippen molar-refractivity contribution < 1.29 is 27.4 Å². The Hall–Kier alpha value is -5.17. The number of rotatable bonds is 10. The number of imidazole rings is 1. The van der Waals surface area contributed by atoms with E-state index in [0.717, 1.165) is 25.3 Å². The number of nitrogens with zero attached hydrogens (tertiary/aromatic N) is 4. The monoisotopic (exact) mass is 610 g/mol. The van der Waals surface area contributed by atoms with Gasteiger partial charge in [-0.2, -0.15) is 5.26 Å². The summed E-state index contributed by atoms with van der Waals surface area (Å²) in [5.41, 5.74) is 3.04. The zero-order chi connectivity index (χ0) is 31.6. The second-order valence-electron chi connectivity index (χ2n) is 11.3. The number of benzene rings is 3. The molecule has 45 heavy (non-hydrogen) atoms. The van der Waals surface area contributed by atoms with Crippen molar-refractivity contribution in [3.63, 3.8) is 0 Å². The number of carbonyl (C=O) groups is 1. The molecule has 0 aliphatic heterocycles. The summed E-state index contributed by atoms with van der Waals surface area (Å²) in [4.78, 5) is 21.4. The van der Waals surface area contributed by atoms with Gasteiger partial charge in [0.2, 0.25) is 5.88 Å². The fourth-order valence-electron chi connectivity index (χ4n) is 5.64. The lowest BCUT2D eigenvalue weighted by molar-refractivity contribution is 0.0600. The van der Waals surface area contributed by atoms with Crippen molar-refractivity contribution in [2.45, 2.75) is 38.8 Å². The van der Waals surface area contributed by atoms with E-state index in [0.29, 0.717) is 45.8 Å². The molecule has 0 N–H and O–H groups in total. The molecule has 228 valence electrons. The number of alkyl halides is 1. The van der Waals surface area contributed by atoms with Crippen LogP contribution in [0, 0.1) is 28.4 Å². The van der Waals surface area contributed by atoms with Gasteiger partial charge < -0.3 is 14.0 Å². The maximum Gasteiger partial charge on any atom is 0.337 e. The molecule has 7 nitrogen and oxygen atoms in total. The van der Waals surface area contributed by atoms with Crippen molar-refractivity contribution in [1.82, 2.24) is 14.5 Å². The Bertz CT molecular complexity index is 1940. The van der Waals surface area contributed by atoms with Crippen LogP contribution in [0.3, 0.4) is 0 Å². The third-order valence-corrected chi connectivity index (χ3v) is 8.42. The highest BCUT2D eigenvalue weighted by molar-refractivity contribution is 5.93. The molecule has 0 spiro atoms. The zero-order valence-electron chi connectivity index (χ0n) is 24.5. The van der Waals surface area contributed by atoms with Gasteiger partial charge in [-0.05, 0) is 60.9 Å². The highest BCUT2D eigenvalue weighted by Gasteiger charge is 2.38. The summed E-state index contributed by atoms with van der Waals surface area (Å²) in [6, 6.07) is 20.9. The summed E-state index contributed by atoms with van der Waals surface area (Å²) in [6.45, 7) is -0.181. The van der Waals surface area contributed by atoms with Gasteiger partial charge >= 0.3 is 5.97 Å². The first-order valence-electron chi connectivity index (χ1n) is 14.5. The number of halogens is 3. The van der Waals surface area contributed by atoms with E-state index < -0.39 is 29.7 Å². The number of aromatic nitrogens is 3. The van der Waals surface area contributed by atoms with E-state index in [9.17, 15) is 13.6 Å². The Morgan fingerprint density at radius 2 is 1.80 bits per heavy atom. The summed E-state index contributed by atoms with van der Waals surface area (Å²) in [6.07, 6.45) is 2.60. The van der Waals surface area contributed by atoms with E-state index in [2.05, 4.69) is 4.98 Å². The molecule has 1 fully saturated rings. The average Bonchev–Trinajstić information content (AvgIpc) is 3.38. The third-order valence-electron chi connectivity index (χ3n) is 8.42. The Kier molecular flexibility index (Phi) is 8.26. The summed E-state index contributed by atoms with van der Waals surface area (Å²) >= 11 is 0. The van der Waals surface area contributed by atoms with E-state index in [-0.39, 0.29) is 30.0 Å².